The molecule has 0 amide bonds. The molecule has 1 aromatic rings. The zero-order valence-corrected chi connectivity index (χ0v) is 13.2. The molecule has 0 atom stereocenters. The first kappa shape index (κ1) is 16.1. The fourth-order valence-corrected chi connectivity index (χ4v) is 2.51. The molecule has 0 unspecified atom stereocenters. The van der Waals surface area contributed by atoms with Crippen LogP contribution >= 0.6 is 0 Å². The molecule has 1 saturated heterocycles. The third-order valence-corrected chi connectivity index (χ3v) is 3.71. The molecule has 4 heteroatoms. The molecule has 0 aromatic heterocycles. The van der Waals surface area contributed by atoms with Crippen LogP contribution in [0.1, 0.15) is 5.56 Å². The maximum Gasteiger partial charge on any atom is 0.194 e. The van der Waals surface area contributed by atoms with E-state index in [-0.39, 0.29) is 0 Å². The van der Waals surface area contributed by atoms with Crippen LogP contribution in [0.2, 0.25) is 0 Å². The summed E-state index contributed by atoms with van der Waals surface area (Å²) in [5, 5.41) is 3.18. The average molecular weight is 296 g/mol. The lowest BCUT2D eigenvalue weighted by Gasteiger charge is -2.35. The van der Waals surface area contributed by atoms with Gasteiger partial charge in [0.2, 0.25) is 0 Å². The molecule has 0 spiro atoms. The van der Waals surface area contributed by atoms with E-state index >= 15 is 0 Å². The summed E-state index contributed by atoms with van der Waals surface area (Å²) < 4.78 is 0. The highest BCUT2D eigenvalue weighted by Crippen LogP contribution is 2.04. The molecule has 1 fully saturated rings. The van der Waals surface area contributed by atoms with Crippen LogP contribution in [0.15, 0.2) is 41.4 Å². The minimum Gasteiger partial charge on any atom is -0.345 e. The average Bonchev–Trinajstić information content (AvgIpc) is 2.58. The van der Waals surface area contributed by atoms with Crippen molar-refractivity contribution in [1.82, 2.24) is 15.1 Å². The number of nitrogens with one attached hydrogen (secondary N) is 1. The molecule has 22 heavy (non-hydrogen) atoms. The van der Waals surface area contributed by atoms with Crippen LogP contribution in [0.4, 0.5) is 0 Å². The van der Waals surface area contributed by atoms with Crippen molar-refractivity contribution >= 4 is 12.0 Å². The molecule has 116 valence electrons. The summed E-state index contributed by atoms with van der Waals surface area (Å²) in [4.78, 5) is 8.99. The molecule has 1 aliphatic heterocycles. The summed E-state index contributed by atoms with van der Waals surface area (Å²) in [6, 6.07) is 10.4. The monoisotopic (exact) mass is 296 g/mol. The predicted molar refractivity (Wildman–Crippen MR) is 93.7 cm³/mol. The van der Waals surface area contributed by atoms with Crippen LogP contribution in [0.25, 0.3) is 6.08 Å². The first-order valence-electron chi connectivity index (χ1n) is 7.66. The Bertz CT molecular complexity index is 534. The number of terminal acetylenes is 1. The Morgan fingerprint density at radius 2 is 2.00 bits per heavy atom. The highest BCUT2D eigenvalue weighted by atomic mass is 15.3. The Morgan fingerprint density at radius 3 is 2.64 bits per heavy atom. The van der Waals surface area contributed by atoms with Gasteiger partial charge in [0.25, 0.3) is 0 Å². The largest absolute Gasteiger partial charge is 0.345 e. The predicted octanol–water partition coefficient (Wildman–Crippen LogP) is 1.53. The zero-order chi connectivity index (χ0) is 15.6. The first-order chi connectivity index (χ1) is 10.8. The summed E-state index contributed by atoms with van der Waals surface area (Å²) in [5.74, 6) is 3.49. The van der Waals surface area contributed by atoms with Crippen molar-refractivity contribution in [3.8, 4) is 12.3 Å². The second-order valence-corrected chi connectivity index (χ2v) is 5.21. The Hall–Kier alpha value is -2.25. The summed E-state index contributed by atoms with van der Waals surface area (Å²) in [6.45, 7) is 5.53. The van der Waals surface area contributed by atoms with Crippen molar-refractivity contribution in [2.75, 3.05) is 46.3 Å². The Labute approximate surface area is 133 Å². The molecule has 0 radical (unpaired) electrons. The Kier molecular flexibility index (Phi) is 6.53. The van der Waals surface area contributed by atoms with Crippen LogP contribution in [-0.4, -0.2) is 62.1 Å². The number of piperazine rings is 1. The molecule has 1 aromatic carbocycles. The topological polar surface area (TPSA) is 30.9 Å². The van der Waals surface area contributed by atoms with Gasteiger partial charge in [0.05, 0.1) is 6.54 Å². The van der Waals surface area contributed by atoms with E-state index in [9.17, 15) is 0 Å². The maximum absolute atomic E-state index is 5.28. The number of hydrogen-bond donors (Lipinski definition) is 1. The number of nitrogens with zero attached hydrogens (tertiary/aromatic N) is 3. The summed E-state index contributed by atoms with van der Waals surface area (Å²) >= 11 is 0. The van der Waals surface area contributed by atoms with E-state index in [1.807, 2.05) is 6.07 Å². The highest BCUT2D eigenvalue weighted by molar-refractivity contribution is 5.80. The molecule has 0 bridgehead atoms. The molecule has 0 saturated carbocycles. The zero-order valence-electron chi connectivity index (χ0n) is 13.2. The van der Waals surface area contributed by atoms with Crippen LogP contribution in [0.5, 0.6) is 0 Å². The lowest BCUT2D eigenvalue weighted by Crippen LogP contribution is -2.52. The molecule has 2 rings (SSSR count). The van der Waals surface area contributed by atoms with E-state index in [4.69, 9.17) is 6.42 Å². The van der Waals surface area contributed by atoms with Gasteiger partial charge < -0.3 is 10.2 Å². The van der Waals surface area contributed by atoms with Crippen molar-refractivity contribution in [2.24, 2.45) is 4.99 Å². The minimum absolute atomic E-state index is 0.521. The van der Waals surface area contributed by atoms with Gasteiger partial charge in [0, 0.05) is 39.8 Å². The van der Waals surface area contributed by atoms with Gasteiger partial charge in [-0.05, 0) is 5.56 Å². The van der Waals surface area contributed by atoms with Crippen LogP contribution in [0, 0.1) is 12.3 Å². The van der Waals surface area contributed by atoms with Gasteiger partial charge in [-0.25, -0.2) is 0 Å². The van der Waals surface area contributed by atoms with Gasteiger partial charge in [0.1, 0.15) is 0 Å². The summed E-state index contributed by atoms with van der Waals surface area (Å²) in [7, 11) is 1.80. The van der Waals surface area contributed by atoms with Gasteiger partial charge in [-0.3, -0.25) is 9.89 Å². The van der Waals surface area contributed by atoms with Crippen molar-refractivity contribution < 1.29 is 0 Å². The Morgan fingerprint density at radius 1 is 1.27 bits per heavy atom. The van der Waals surface area contributed by atoms with Gasteiger partial charge >= 0.3 is 0 Å². The van der Waals surface area contributed by atoms with Gasteiger partial charge in [-0.1, -0.05) is 48.4 Å². The number of hydrogen-bond acceptors (Lipinski definition) is 2. The smallest absolute Gasteiger partial charge is 0.194 e. The normalized spacial score (nSPS) is 16.7. The second kappa shape index (κ2) is 8.91. The quantitative estimate of drug-likeness (QED) is 0.519. The van der Waals surface area contributed by atoms with E-state index < -0.39 is 0 Å². The van der Waals surface area contributed by atoms with Gasteiger partial charge in [0.15, 0.2) is 5.96 Å². The molecular weight excluding hydrogens is 272 g/mol. The van der Waals surface area contributed by atoms with Gasteiger partial charge in [-0.2, -0.15) is 0 Å². The summed E-state index contributed by atoms with van der Waals surface area (Å²) in [6.07, 6.45) is 9.70. The molecular formula is C18H24N4. The standard InChI is InChI=1S/C18H24N4/c1-3-11-20-18(19-2)22-15-13-21(14-16-22)12-7-10-17-8-5-4-6-9-17/h1,4-10H,11-16H2,2H3,(H,19,20). The lowest BCUT2D eigenvalue weighted by atomic mass is 10.2. The first-order valence-corrected chi connectivity index (χ1v) is 7.66. The number of rotatable bonds is 4. The molecule has 1 N–H and O–H groups in total. The van der Waals surface area contributed by atoms with Crippen molar-refractivity contribution in [1.29, 1.82) is 0 Å². The number of benzene rings is 1. The van der Waals surface area contributed by atoms with E-state index in [0.717, 1.165) is 38.7 Å². The number of aliphatic imine (C=N–C) groups is 1. The van der Waals surface area contributed by atoms with E-state index in [1.54, 1.807) is 7.05 Å². The molecule has 4 nitrogen and oxygen atoms in total. The SMILES string of the molecule is C#CCNC(=NC)N1CCN(CC=Cc2ccccc2)CC1. The molecule has 1 heterocycles. The van der Waals surface area contributed by atoms with Crippen molar-refractivity contribution in [2.45, 2.75) is 0 Å². The third-order valence-electron chi connectivity index (χ3n) is 3.71. The van der Waals surface area contributed by atoms with Crippen molar-refractivity contribution in [3.63, 3.8) is 0 Å². The fraction of sp³-hybridized carbons (Fsp3) is 0.389. The summed E-state index contributed by atoms with van der Waals surface area (Å²) in [5.41, 5.74) is 1.25. The number of guanidine groups is 1. The third kappa shape index (κ3) is 4.94. The fourth-order valence-electron chi connectivity index (χ4n) is 2.51. The minimum atomic E-state index is 0.521. The molecule has 0 aliphatic carbocycles. The van der Waals surface area contributed by atoms with Crippen LogP contribution < -0.4 is 5.32 Å². The molecule has 1 aliphatic rings. The second-order valence-electron chi connectivity index (χ2n) is 5.21. The Balaban J connectivity index is 1.75. The van der Waals surface area contributed by atoms with Crippen molar-refractivity contribution in [3.05, 3.63) is 42.0 Å². The van der Waals surface area contributed by atoms with Crippen LogP contribution in [-0.2, 0) is 0 Å². The van der Waals surface area contributed by atoms with E-state index in [0.29, 0.717) is 6.54 Å². The lowest BCUT2D eigenvalue weighted by molar-refractivity contribution is 0.195. The highest BCUT2D eigenvalue weighted by Gasteiger charge is 2.18. The van der Waals surface area contributed by atoms with E-state index in [2.05, 4.69) is 62.4 Å². The van der Waals surface area contributed by atoms with Gasteiger partial charge in [-0.15, -0.1) is 6.42 Å². The van der Waals surface area contributed by atoms with Crippen LogP contribution in [0.3, 0.4) is 0 Å². The maximum atomic E-state index is 5.28. The van der Waals surface area contributed by atoms with E-state index in [1.165, 1.54) is 5.56 Å².